The molecule has 0 radical (unpaired) electrons. The predicted molar refractivity (Wildman–Crippen MR) is 101 cm³/mol. The van der Waals surface area contributed by atoms with Crippen LogP contribution in [-0.4, -0.2) is 52.5 Å². The van der Waals surface area contributed by atoms with E-state index in [1.54, 1.807) is 12.3 Å². The molecule has 0 saturated carbocycles. The zero-order valence-corrected chi connectivity index (χ0v) is 15.2. The summed E-state index contributed by atoms with van der Waals surface area (Å²) in [5.74, 6) is 0.423. The van der Waals surface area contributed by atoms with Gasteiger partial charge in [-0.05, 0) is 25.1 Å². The molecule has 4 rings (SSSR count). The molecule has 0 bridgehead atoms. The van der Waals surface area contributed by atoms with Crippen LogP contribution in [-0.2, 0) is 9.53 Å². The van der Waals surface area contributed by atoms with Crippen LogP contribution >= 0.6 is 24.8 Å². The highest BCUT2D eigenvalue weighted by Gasteiger charge is 2.27. The quantitative estimate of drug-likeness (QED) is 0.737. The third kappa shape index (κ3) is 3.78. The number of morpholine rings is 1. The molecule has 1 fully saturated rings. The van der Waals surface area contributed by atoms with Gasteiger partial charge in [-0.25, -0.2) is 9.98 Å². The van der Waals surface area contributed by atoms with Crippen LogP contribution in [0.1, 0.15) is 12.5 Å². The number of guanidine groups is 1. The van der Waals surface area contributed by atoms with Crippen molar-refractivity contribution in [3.63, 3.8) is 0 Å². The molecule has 2 aromatic rings. The summed E-state index contributed by atoms with van der Waals surface area (Å²) in [7, 11) is 0. The van der Waals surface area contributed by atoms with Gasteiger partial charge in [0.25, 0.3) is 5.91 Å². The number of hydrogen-bond donors (Lipinski definition) is 2. The molecule has 134 valence electrons. The third-order valence-electron chi connectivity index (χ3n) is 4.00. The number of ether oxygens (including phenoxy) is 1. The maximum atomic E-state index is 12.2. The van der Waals surface area contributed by atoms with E-state index in [0.717, 1.165) is 29.7 Å². The summed E-state index contributed by atoms with van der Waals surface area (Å²) in [5.41, 5.74) is 2.10. The molecule has 0 aliphatic carbocycles. The fraction of sp³-hybridized carbons (Fsp3) is 0.312. The van der Waals surface area contributed by atoms with Gasteiger partial charge in [0.1, 0.15) is 11.3 Å². The Morgan fingerprint density at radius 1 is 1.40 bits per heavy atom. The molecule has 2 aromatic heterocycles. The van der Waals surface area contributed by atoms with Crippen LogP contribution in [0.3, 0.4) is 0 Å². The van der Waals surface area contributed by atoms with Crippen molar-refractivity contribution in [1.29, 1.82) is 0 Å². The summed E-state index contributed by atoms with van der Waals surface area (Å²) in [6.07, 6.45) is 5.49. The lowest BCUT2D eigenvalue weighted by molar-refractivity contribution is -0.115. The molecule has 1 amide bonds. The van der Waals surface area contributed by atoms with E-state index in [-0.39, 0.29) is 36.8 Å². The summed E-state index contributed by atoms with van der Waals surface area (Å²) in [4.78, 5) is 26.0. The maximum absolute atomic E-state index is 12.2. The number of H-pyrrole nitrogens is 1. The summed E-state index contributed by atoms with van der Waals surface area (Å²) < 4.78 is 5.52. The monoisotopic (exact) mass is 383 g/mol. The van der Waals surface area contributed by atoms with Gasteiger partial charge in [0.2, 0.25) is 5.96 Å². The van der Waals surface area contributed by atoms with Crippen molar-refractivity contribution in [2.75, 3.05) is 19.7 Å². The molecule has 2 aliphatic heterocycles. The third-order valence-corrected chi connectivity index (χ3v) is 4.00. The Morgan fingerprint density at radius 3 is 3.04 bits per heavy atom. The standard InChI is InChI=1S/C16H17N5O2.2ClH/c1-10-9-21(5-6-23-10)16-19-13(15(22)20-16)7-11-8-18-14-12(11)3-2-4-17-14;;/h2-4,7-8,10H,5-6,9H2,1H3,(H,17,18)(H,19,20,22);2*1H/b13-7-;;. The van der Waals surface area contributed by atoms with Crippen molar-refractivity contribution >= 4 is 53.8 Å². The fourth-order valence-electron chi connectivity index (χ4n) is 2.86. The average molecular weight is 384 g/mol. The number of nitrogens with zero attached hydrogens (tertiary/aromatic N) is 3. The second-order valence-corrected chi connectivity index (χ2v) is 5.69. The van der Waals surface area contributed by atoms with Gasteiger partial charge >= 0.3 is 0 Å². The van der Waals surface area contributed by atoms with E-state index in [2.05, 4.69) is 20.3 Å². The lowest BCUT2D eigenvalue weighted by Gasteiger charge is -2.31. The number of pyridine rings is 1. The maximum Gasteiger partial charge on any atom is 0.276 e. The number of aromatic amines is 1. The molecule has 1 unspecified atom stereocenters. The number of carbonyl (C=O) groups is 1. The van der Waals surface area contributed by atoms with Gasteiger partial charge in [0.15, 0.2) is 0 Å². The Morgan fingerprint density at radius 2 is 2.24 bits per heavy atom. The molecular weight excluding hydrogens is 365 g/mol. The molecular formula is C16H19Cl2N5O2. The van der Waals surface area contributed by atoms with E-state index in [1.807, 2.05) is 30.2 Å². The summed E-state index contributed by atoms with van der Waals surface area (Å²) >= 11 is 0. The van der Waals surface area contributed by atoms with E-state index in [0.29, 0.717) is 18.3 Å². The molecule has 1 saturated heterocycles. The highest BCUT2D eigenvalue weighted by atomic mass is 35.5. The molecule has 7 nitrogen and oxygen atoms in total. The first-order valence-corrected chi connectivity index (χ1v) is 7.61. The normalized spacial score (nSPS) is 21.6. The Bertz CT molecular complexity index is 833. The lowest BCUT2D eigenvalue weighted by atomic mass is 10.2. The van der Waals surface area contributed by atoms with Gasteiger partial charge < -0.3 is 14.6 Å². The van der Waals surface area contributed by atoms with Gasteiger partial charge in [-0.2, -0.15) is 0 Å². The van der Waals surface area contributed by atoms with E-state index < -0.39 is 0 Å². The van der Waals surface area contributed by atoms with Crippen molar-refractivity contribution in [1.82, 2.24) is 20.2 Å². The van der Waals surface area contributed by atoms with E-state index in [9.17, 15) is 4.79 Å². The molecule has 25 heavy (non-hydrogen) atoms. The highest BCUT2D eigenvalue weighted by Crippen LogP contribution is 2.21. The second kappa shape index (κ2) is 7.86. The second-order valence-electron chi connectivity index (χ2n) is 5.69. The van der Waals surface area contributed by atoms with Gasteiger partial charge in [0.05, 0.1) is 12.7 Å². The molecule has 9 heteroatoms. The first-order valence-electron chi connectivity index (χ1n) is 7.61. The van der Waals surface area contributed by atoms with Crippen LogP contribution in [0.4, 0.5) is 0 Å². The number of amides is 1. The summed E-state index contributed by atoms with van der Waals surface area (Å²) in [6.45, 7) is 4.11. The van der Waals surface area contributed by atoms with Crippen molar-refractivity contribution < 1.29 is 9.53 Å². The minimum Gasteiger partial charge on any atom is -0.375 e. The Hall–Kier alpha value is -2.09. The zero-order valence-electron chi connectivity index (χ0n) is 13.6. The van der Waals surface area contributed by atoms with E-state index >= 15 is 0 Å². The number of halogens is 2. The molecule has 2 aliphatic rings. The molecule has 1 atom stereocenters. The van der Waals surface area contributed by atoms with E-state index in [1.165, 1.54) is 0 Å². The number of aliphatic imine (C=N–C) groups is 1. The van der Waals surface area contributed by atoms with Crippen LogP contribution in [0.5, 0.6) is 0 Å². The number of rotatable bonds is 1. The topological polar surface area (TPSA) is 82.6 Å². The fourth-order valence-corrected chi connectivity index (χ4v) is 2.86. The van der Waals surface area contributed by atoms with Crippen molar-refractivity contribution in [3.05, 3.63) is 35.8 Å². The minimum absolute atomic E-state index is 0. The number of aromatic nitrogens is 2. The molecule has 4 heterocycles. The van der Waals surface area contributed by atoms with Crippen LogP contribution in [0.15, 0.2) is 35.2 Å². The first-order chi connectivity index (χ1) is 11.2. The Labute approximate surface area is 157 Å². The minimum atomic E-state index is -0.183. The number of carbonyl (C=O) groups excluding carboxylic acids is 1. The van der Waals surface area contributed by atoms with Crippen LogP contribution in [0.25, 0.3) is 17.1 Å². The summed E-state index contributed by atoms with van der Waals surface area (Å²) in [6, 6.07) is 3.84. The van der Waals surface area contributed by atoms with Crippen molar-refractivity contribution in [3.8, 4) is 0 Å². The number of hydrogen-bond acceptors (Lipinski definition) is 5. The van der Waals surface area contributed by atoms with E-state index in [4.69, 9.17) is 4.74 Å². The van der Waals surface area contributed by atoms with Crippen LogP contribution < -0.4 is 5.32 Å². The van der Waals surface area contributed by atoms with Gasteiger partial charge in [-0.15, -0.1) is 24.8 Å². The average Bonchev–Trinajstić information content (AvgIpc) is 3.13. The van der Waals surface area contributed by atoms with Crippen LogP contribution in [0.2, 0.25) is 0 Å². The van der Waals surface area contributed by atoms with Gasteiger partial charge in [-0.1, -0.05) is 0 Å². The van der Waals surface area contributed by atoms with Crippen molar-refractivity contribution in [2.45, 2.75) is 13.0 Å². The Balaban J connectivity index is 0.00000113. The van der Waals surface area contributed by atoms with Gasteiger partial charge in [0, 0.05) is 36.4 Å². The first kappa shape index (κ1) is 19.2. The molecule has 0 aromatic carbocycles. The highest BCUT2D eigenvalue weighted by molar-refractivity contribution is 6.14. The molecule has 0 spiro atoms. The number of nitrogens with one attached hydrogen (secondary N) is 2. The SMILES string of the molecule is CC1CN(C2=N/C(=C\c3c[nH]c4ncccc34)C(=O)N2)CCO1.Cl.Cl. The largest absolute Gasteiger partial charge is 0.375 e. The van der Waals surface area contributed by atoms with Crippen molar-refractivity contribution in [2.24, 2.45) is 4.99 Å². The predicted octanol–water partition coefficient (Wildman–Crippen LogP) is 1.95. The summed E-state index contributed by atoms with van der Waals surface area (Å²) in [5, 5.41) is 3.81. The van der Waals surface area contributed by atoms with Crippen LogP contribution in [0, 0.1) is 0 Å². The lowest BCUT2D eigenvalue weighted by Crippen LogP contribution is -2.49. The Kier molecular flexibility index (Phi) is 6.05. The zero-order chi connectivity index (χ0) is 15.8. The molecule has 2 N–H and O–H groups in total. The smallest absolute Gasteiger partial charge is 0.276 e. The van der Waals surface area contributed by atoms with Gasteiger partial charge in [-0.3, -0.25) is 10.1 Å². The number of fused-ring (bicyclic) bond motifs is 1.